The SMILES string of the molecule is COc1ccccc1COCCCOc1ccc(N2C(=O)CNC[C@@H]2COCc2ccccc2OC)cc1. The second-order valence-corrected chi connectivity index (χ2v) is 8.94. The number of nitrogens with one attached hydrogen (secondary N) is 1. The highest BCUT2D eigenvalue weighted by molar-refractivity contribution is 5.96. The van der Waals surface area contributed by atoms with Crippen molar-refractivity contribution in [1.82, 2.24) is 5.32 Å². The molecule has 8 nitrogen and oxygen atoms in total. The van der Waals surface area contributed by atoms with Gasteiger partial charge in [0.15, 0.2) is 0 Å². The van der Waals surface area contributed by atoms with Crippen LogP contribution in [0, 0.1) is 0 Å². The Labute approximate surface area is 224 Å². The molecule has 0 spiro atoms. The Morgan fingerprint density at radius 1 is 0.816 bits per heavy atom. The molecule has 4 rings (SSSR count). The molecule has 0 unspecified atom stereocenters. The number of amides is 1. The molecular weight excluding hydrogens is 484 g/mol. The second kappa shape index (κ2) is 14.4. The van der Waals surface area contributed by atoms with Crippen molar-refractivity contribution < 1.29 is 28.5 Å². The lowest BCUT2D eigenvalue weighted by molar-refractivity contribution is -0.119. The molecule has 3 aromatic rings. The minimum atomic E-state index is -0.113. The Bertz CT molecular complexity index is 1150. The van der Waals surface area contributed by atoms with Gasteiger partial charge in [0.05, 0.1) is 59.8 Å². The Morgan fingerprint density at radius 3 is 2.11 bits per heavy atom. The van der Waals surface area contributed by atoms with Gasteiger partial charge in [-0.15, -0.1) is 0 Å². The summed E-state index contributed by atoms with van der Waals surface area (Å²) < 4.78 is 28.4. The third-order valence-electron chi connectivity index (χ3n) is 6.32. The van der Waals surface area contributed by atoms with Crippen molar-refractivity contribution in [3.8, 4) is 17.2 Å². The number of carbonyl (C=O) groups excluding carboxylic acids is 1. The molecule has 38 heavy (non-hydrogen) atoms. The molecule has 1 aliphatic heterocycles. The van der Waals surface area contributed by atoms with Crippen molar-refractivity contribution >= 4 is 11.6 Å². The number of anilines is 1. The van der Waals surface area contributed by atoms with Crippen LogP contribution in [0.3, 0.4) is 0 Å². The number of para-hydroxylation sites is 2. The molecule has 0 aromatic heterocycles. The fourth-order valence-electron chi connectivity index (χ4n) is 4.40. The number of carbonyl (C=O) groups is 1. The highest BCUT2D eigenvalue weighted by atomic mass is 16.5. The first-order valence-electron chi connectivity index (χ1n) is 12.8. The van der Waals surface area contributed by atoms with Crippen LogP contribution in [0.1, 0.15) is 17.5 Å². The van der Waals surface area contributed by atoms with Gasteiger partial charge in [-0.05, 0) is 36.4 Å². The number of methoxy groups -OCH3 is 2. The maximum absolute atomic E-state index is 12.8. The van der Waals surface area contributed by atoms with Gasteiger partial charge >= 0.3 is 0 Å². The third-order valence-corrected chi connectivity index (χ3v) is 6.32. The van der Waals surface area contributed by atoms with Crippen molar-refractivity contribution in [3.63, 3.8) is 0 Å². The van der Waals surface area contributed by atoms with Crippen LogP contribution in [-0.4, -0.2) is 59.1 Å². The predicted octanol–water partition coefficient (Wildman–Crippen LogP) is 4.21. The van der Waals surface area contributed by atoms with E-state index < -0.39 is 0 Å². The van der Waals surface area contributed by atoms with Crippen LogP contribution in [0.25, 0.3) is 0 Å². The van der Waals surface area contributed by atoms with Crippen molar-refractivity contribution in [2.24, 2.45) is 0 Å². The van der Waals surface area contributed by atoms with Gasteiger partial charge < -0.3 is 33.9 Å². The Kier molecular flexibility index (Phi) is 10.4. The highest BCUT2D eigenvalue weighted by Gasteiger charge is 2.29. The third kappa shape index (κ3) is 7.47. The summed E-state index contributed by atoms with van der Waals surface area (Å²) in [6.45, 7) is 3.41. The molecule has 1 amide bonds. The van der Waals surface area contributed by atoms with Crippen LogP contribution < -0.4 is 24.4 Å². The lowest BCUT2D eigenvalue weighted by Gasteiger charge is -2.36. The van der Waals surface area contributed by atoms with Gasteiger partial charge in [0.2, 0.25) is 5.91 Å². The van der Waals surface area contributed by atoms with Gasteiger partial charge in [0, 0.05) is 29.8 Å². The molecule has 1 heterocycles. The lowest BCUT2D eigenvalue weighted by Crippen LogP contribution is -2.57. The van der Waals surface area contributed by atoms with E-state index in [4.69, 9.17) is 23.7 Å². The summed E-state index contributed by atoms with van der Waals surface area (Å²) in [7, 11) is 3.31. The maximum Gasteiger partial charge on any atom is 0.241 e. The van der Waals surface area contributed by atoms with Crippen LogP contribution in [0.4, 0.5) is 5.69 Å². The zero-order valence-electron chi connectivity index (χ0n) is 22.1. The summed E-state index contributed by atoms with van der Waals surface area (Å²) in [5.41, 5.74) is 2.83. The Balaban J connectivity index is 1.23. The molecule has 1 saturated heterocycles. The van der Waals surface area contributed by atoms with Crippen LogP contribution in [0.15, 0.2) is 72.8 Å². The van der Waals surface area contributed by atoms with Crippen molar-refractivity contribution in [2.75, 3.05) is 52.0 Å². The van der Waals surface area contributed by atoms with Gasteiger partial charge in [-0.3, -0.25) is 4.79 Å². The molecule has 0 saturated carbocycles. The minimum Gasteiger partial charge on any atom is -0.496 e. The molecule has 3 aromatic carbocycles. The number of hydrogen-bond donors (Lipinski definition) is 1. The molecule has 8 heteroatoms. The summed E-state index contributed by atoms with van der Waals surface area (Å²) in [6.07, 6.45) is 0.763. The number of rotatable bonds is 14. The summed E-state index contributed by atoms with van der Waals surface area (Å²) >= 11 is 0. The first-order chi connectivity index (χ1) is 18.7. The average molecular weight is 521 g/mol. The van der Waals surface area contributed by atoms with Crippen LogP contribution in [-0.2, 0) is 27.5 Å². The van der Waals surface area contributed by atoms with E-state index in [-0.39, 0.29) is 11.9 Å². The zero-order chi connectivity index (χ0) is 26.6. The van der Waals surface area contributed by atoms with E-state index >= 15 is 0 Å². The first-order valence-corrected chi connectivity index (χ1v) is 12.8. The normalized spacial score (nSPS) is 15.4. The van der Waals surface area contributed by atoms with Crippen molar-refractivity contribution in [1.29, 1.82) is 0 Å². The molecule has 0 radical (unpaired) electrons. The van der Waals surface area contributed by atoms with Crippen LogP contribution in [0.5, 0.6) is 17.2 Å². The summed E-state index contributed by atoms with van der Waals surface area (Å²) in [4.78, 5) is 14.6. The van der Waals surface area contributed by atoms with Gasteiger partial charge in [0.1, 0.15) is 17.2 Å². The van der Waals surface area contributed by atoms with E-state index in [0.29, 0.717) is 46.1 Å². The highest BCUT2D eigenvalue weighted by Crippen LogP contribution is 2.24. The summed E-state index contributed by atoms with van der Waals surface area (Å²) in [6, 6.07) is 23.1. The summed E-state index contributed by atoms with van der Waals surface area (Å²) in [5, 5.41) is 3.19. The number of piperazine rings is 1. The van der Waals surface area contributed by atoms with E-state index in [0.717, 1.165) is 40.5 Å². The molecule has 1 aliphatic rings. The average Bonchev–Trinajstić information content (AvgIpc) is 2.96. The molecule has 1 atom stereocenters. The smallest absolute Gasteiger partial charge is 0.241 e. The van der Waals surface area contributed by atoms with Crippen molar-refractivity contribution in [2.45, 2.75) is 25.7 Å². The molecule has 0 bridgehead atoms. The monoisotopic (exact) mass is 520 g/mol. The van der Waals surface area contributed by atoms with Crippen LogP contribution in [0.2, 0.25) is 0 Å². The zero-order valence-corrected chi connectivity index (χ0v) is 22.1. The van der Waals surface area contributed by atoms with E-state index in [2.05, 4.69) is 5.32 Å². The number of ether oxygens (including phenoxy) is 5. The standard InChI is InChI=1S/C30H36N2O6/c1-34-28-10-5-3-8-23(28)20-36-16-7-17-38-27-14-12-25(13-15-27)32-26(18-31-19-30(32)33)22-37-21-24-9-4-6-11-29(24)35-2/h3-6,8-15,26,31H,7,16-22H2,1-2H3/t26-/m1/s1. The van der Waals surface area contributed by atoms with Gasteiger partial charge in [-0.25, -0.2) is 0 Å². The number of benzene rings is 3. The number of hydrogen-bond acceptors (Lipinski definition) is 7. The molecule has 1 N–H and O–H groups in total. The molecule has 1 fully saturated rings. The van der Waals surface area contributed by atoms with Gasteiger partial charge in [-0.1, -0.05) is 36.4 Å². The fourth-order valence-corrected chi connectivity index (χ4v) is 4.40. The quantitative estimate of drug-likeness (QED) is 0.319. The van der Waals surface area contributed by atoms with E-state index in [9.17, 15) is 4.79 Å². The molecular formula is C30H36N2O6. The molecule has 202 valence electrons. The first kappa shape index (κ1) is 27.4. The van der Waals surface area contributed by atoms with Crippen LogP contribution >= 0.6 is 0 Å². The number of nitrogens with zero attached hydrogens (tertiary/aromatic N) is 1. The van der Waals surface area contributed by atoms with E-state index in [1.807, 2.05) is 77.7 Å². The van der Waals surface area contributed by atoms with E-state index in [1.165, 1.54) is 0 Å². The largest absolute Gasteiger partial charge is 0.496 e. The topological polar surface area (TPSA) is 78.5 Å². The van der Waals surface area contributed by atoms with Gasteiger partial charge in [-0.2, -0.15) is 0 Å². The Morgan fingerprint density at radius 2 is 1.45 bits per heavy atom. The van der Waals surface area contributed by atoms with E-state index in [1.54, 1.807) is 14.2 Å². The minimum absolute atomic E-state index is 0.0167. The lowest BCUT2D eigenvalue weighted by atomic mass is 10.1. The Hall–Kier alpha value is -3.59. The maximum atomic E-state index is 12.8. The predicted molar refractivity (Wildman–Crippen MR) is 146 cm³/mol. The fraction of sp³-hybridized carbons (Fsp3) is 0.367. The van der Waals surface area contributed by atoms with Gasteiger partial charge in [0.25, 0.3) is 0 Å². The summed E-state index contributed by atoms with van der Waals surface area (Å²) in [5.74, 6) is 2.39. The van der Waals surface area contributed by atoms with Crippen molar-refractivity contribution in [3.05, 3.63) is 83.9 Å². The molecule has 0 aliphatic carbocycles. The second-order valence-electron chi connectivity index (χ2n) is 8.94.